The molecule has 0 saturated carbocycles. The predicted molar refractivity (Wildman–Crippen MR) is 91.1 cm³/mol. The largest absolute Gasteiger partial charge is 2.00 e. The van der Waals surface area contributed by atoms with Crippen molar-refractivity contribution in [3.8, 4) is 0 Å². The summed E-state index contributed by atoms with van der Waals surface area (Å²) >= 11 is 0. The van der Waals surface area contributed by atoms with E-state index >= 15 is 0 Å². The first kappa shape index (κ1) is 61.7. The summed E-state index contributed by atoms with van der Waals surface area (Å²) in [5.41, 5.74) is 0. The van der Waals surface area contributed by atoms with Crippen LogP contribution in [0, 0.1) is 0 Å². The van der Waals surface area contributed by atoms with Gasteiger partial charge in [-0.2, -0.15) is 0 Å². The molecule has 37 heavy (non-hydrogen) atoms. The first-order valence-electron chi connectivity index (χ1n) is 8.11. The SMILES string of the molecule is O=C([O-])CCC(=O)O.O=C([O-])CCC(=O)[O-].O=C([O-])CCC(=O)[O-].O=C([O-])CCC(=O)[O-].[Ca+2].[Mg+2].[Na+].[Na+].[Na+]. The maximum Gasteiger partial charge on any atom is 2.00 e. The van der Waals surface area contributed by atoms with Crippen LogP contribution in [0.3, 0.4) is 0 Å². The zero-order chi connectivity index (χ0) is 26.3. The van der Waals surface area contributed by atoms with Crippen LogP contribution in [0.25, 0.3) is 0 Å². The monoisotopic (exact) mass is 598 g/mol. The molecule has 16 nitrogen and oxygen atoms in total. The van der Waals surface area contributed by atoms with Crippen LogP contribution in [-0.2, 0) is 38.4 Å². The summed E-state index contributed by atoms with van der Waals surface area (Å²) in [7, 11) is 0. The van der Waals surface area contributed by atoms with Gasteiger partial charge in [-0.1, -0.05) is 0 Å². The molecule has 0 atom stereocenters. The molecule has 0 fully saturated rings. The van der Waals surface area contributed by atoms with Crippen LogP contribution < -0.4 is 124 Å². The average Bonchev–Trinajstić information content (AvgIpc) is 2.63. The summed E-state index contributed by atoms with van der Waals surface area (Å²) in [5, 5.41) is 74.4. The van der Waals surface area contributed by atoms with E-state index in [1.807, 2.05) is 0 Å². The molecule has 0 unspecified atom stereocenters. The van der Waals surface area contributed by atoms with Gasteiger partial charge in [0.15, 0.2) is 0 Å². The minimum atomic E-state index is -1.37. The summed E-state index contributed by atoms with van der Waals surface area (Å²) in [6, 6.07) is 0. The Morgan fingerprint density at radius 2 is 0.486 bits per heavy atom. The fourth-order valence-corrected chi connectivity index (χ4v) is 0.821. The van der Waals surface area contributed by atoms with E-state index in [2.05, 4.69) is 0 Å². The molecule has 0 spiro atoms. The number of hydrogen-bond donors (Lipinski definition) is 1. The Morgan fingerprint density at radius 1 is 0.378 bits per heavy atom. The zero-order valence-electron chi connectivity index (χ0n) is 20.6. The smallest absolute Gasteiger partial charge is 0.550 e. The van der Waals surface area contributed by atoms with Crippen molar-refractivity contribution < 1.29 is 168 Å². The van der Waals surface area contributed by atoms with E-state index in [-0.39, 0.29) is 156 Å². The molecule has 0 saturated heterocycles. The van der Waals surface area contributed by atoms with Crippen molar-refractivity contribution in [2.45, 2.75) is 51.4 Å². The summed E-state index contributed by atoms with van der Waals surface area (Å²) in [6.07, 6.45) is -3.59. The standard InChI is InChI=1S/4C4H6O4.Ca.Mg.3Na/c4*5-3(6)1-2-4(7)8;;;;;/h4*1-2H2,(H,5,6)(H,7,8);;;;;/q;;;;2*+2;3*+1/p-7. The van der Waals surface area contributed by atoms with Crippen molar-refractivity contribution in [1.82, 2.24) is 0 Å². The van der Waals surface area contributed by atoms with Crippen LogP contribution in [0.1, 0.15) is 51.4 Å². The second-order valence-corrected chi connectivity index (χ2v) is 5.00. The Morgan fingerprint density at radius 3 is 0.541 bits per heavy atom. The van der Waals surface area contributed by atoms with Crippen LogP contribution in [0.2, 0.25) is 0 Å². The molecule has 21 heteroatoms. The van der Waals surface area contributed by atoms with Gasteiger partial charge in [-0.25, -0.2) is 0 Å². The van der Waals surface area contributed by atoms with Gasteiger partial charge in [-0.05, 0) is 44.9 Å². The first-order valence-corrected chi connectivity index (χ1v) is 8.11. The summed E-state index contributed by atoms with van der Waals surface area (Å²) < 4.78 is 0. The Hall–Kier alpha value is 0.786. The van der Waals surface area contributed by atoms with Gasteiger partial charge in [0.2, 0.25) is 0 Å². The topological polar surface area (TPSA) is 318 Å². The zero-order valence-corrected chi connectivity index (χ0v) is 30.3. The minimum absolute atomic E-state index is 0. The third-order valence-corrected chi connectivity index (χ3v) is 2.14. The Balaban J connectivity index is -0.0000000386. The summed E-state index contributed by atoms with van der Waals surface area (Å²) in [5.74, 6) is -10.6. The normalized spacial score (nSPS) is 7.35. The molecular weight excluding hydrogens is 582 g/mol. The van der Waals surface area contributed by atoms with E-state index in [0.717, 1.165) is 0 Å². The molecule has 0 heterocycles. The molecule has 0 aromatic heterocycles. The molecule has 0 aliphatic rings. The van der Waals surface area contributed by atoms with Gasteiger partial charge in [-0.3, -0.25) is 4.79 Å². The van der Waals surface area contributed by atoms with Crippen LogP contribution in [-0.4, -0.2) is 114 Å². The molecule has 0 aliphatic carbocycles. The summed E-state index contributed by atoms with van der Waals surface area (Å²) in [6.45, 7) is 0. The number of carboxylic acids is 8. The van der Waals surface area contributed by atoms with Crippen LogP contribution in [0.5, 0.6) is 0 Å². The van der Waals surface area contributed by atoms with Crippen molar-refractivity contribution >= 4 is 109 Å². The Kier molecular flexibility index (Phi) is 73.1. The Bertz CT molecular complexity index is 510. The number of hydrogen-bond acceptors (Lipinski definition) is 15. The van der Waals surface area contributed by atoms with Crippen molar-refractivity contribution in [2.75, 3.05) is 0 Å². The van der Waals surface area contributed by atoms with Gasteiger partial charge < -0.3 is 74.4 Å². The van der Waals surface area contributed by atoms with E-state index in [0.29, 0.717) is 0 Å². The number of carbonyl (C=O) groups excluding carboxylic acids is 7. The molecule has 0 aromatic rings. The van der Waals surface area contributed by atoms with Crippen LogP contribution >= 0.6 is 0 Å². The van der Waals surface area contributed by atoms with Gasteiger partial charge in [-0.15, -0.1) is 0 Å². The maximum atomic E-state index is 9.61. The minimum Gasteiger partial charge on any atom is -0.550 e. The van der Waals surface area contributed by atoms with Gasteiger partial charge in [0.1, 0.15) is 0 Å². The first-order chi connectivity index (χ1) is 14.5. The van der Waals surface area contributed by atoms with Crippen molar-refractivity contribution in [1.29, 1.82) is 0 Å². The van der Waals surface area contributed by atoms with E-state index in [9.17, 15) is 74.1 Å². The predicted octanol–water partition coefficient (Wildman–Crippen LogP) is -19.3. The van der Waals surface area contributed by atoms with E-state index in [1.165, 1.54) is 0 Å². The fraction of sp³-hybridized carbons (Fsp3) is 0.500. The van der Waals surface area contributed by atoms with E-state index in [4.69, 9.17) is 5.11 Å². The molecule has 0 aromatic carbocycles. The van der Waals surface area contributed by atoms with E-state index in [1.54, 1.807) is 0 Å². The van der Waals surface area contributed by atoms with Crippen LogP contribution in [0.15, 0.2) is 0 Å². The molecule has 0 bridgehead atoms. The molecule has 0 rings (SSSR count). The number of carboxylic acid groups (broad SMARTS) is 8. The van der Waals surface area contributed by atoms with Crippen molar-refractivity contribution in [3.63, 3.8) is 0 Å². The number of aliphatic carboxylic acids is 8. The van der Waals surface area contributed by atoms with Gasteiger partial charge in [0.05, 0.1) is 6.42 Å². The average molecular weight is 599 g/mol. The molecule has 184 valence electrons. The third kappa shape index (κ3) is 103. The molecule has 0 aliphatic heterocycles. The van der Waals surface area contributed by atoms with Crippen LogP contribution in [0.4, 0.5) is 0 Å². The maximum absolute atomic E-state index is 9.61. The Labute approximate surface area is 323 Å². The second-order valence-electron chi connectivity index (χ2n) is 5.00. The number of carbonyl (C=O) groups is 8. The van der Waals surface area contributed by atoms with Crippen molar-refractivity contribution in [2.24, 2.45) is 0 Å². The molecule has 0 radical (unpaired) electrons. The molecular formula is C16H17CaMgNa3O16. The second kappa shape index (κ2) is 43.8. The van der Waals surface area contributed by atoms with E-state index < -0.39 is 92.7 Å². The fourth-order valence-electron chi connectivity index (χ4n) is 0.821. The van der Waals surface area contributed by atoms with Gasteiger partial charge in [0.25, 0.3) is 0 Å². The van der Waals surface area contributed by atoms with Gasteiger partial charge in [0, 0.05) is 41.8 Å². The quantitative estimate of drug-likeness (QED) is 0.204. The summed E-state index contributed by atoms with van der Waals surface area (Å²) in [4.78, 5) is 76.2. The van der Waals surface area contributed by atoms with Gasteiger partial charge >= 0.3 is 155 Å². The molecule has 0 amide bonds. The van der Waals surface area contributed by atoms with Crippen molar-refractivity contribution in [3.05, 3.63) is 0 Å². The number of rotatable bonds is 12. The molecule has 1 N–H and O–H groups in total. The third-order valence-electron chi connectivity index (χ3n) is 2.14.